The molecule has 0 aromatic heterocycles. The molecule has 1 rings (SSSR count). The minimum Gasteiger partial charge on any atom is -0.460 e. The van der Waals surface area contributed by atoms with Crippen LogP contribution in [0.4, 0.5) is 0 Å². The lowest BCUT2D eigenvalue weighted by molar-refractivity contribution is -0.172. The van der Waals surface area contributed by atoms with Crippen molar-refractivity contribution >= 4 is 17.9 Å². The molecule has 130 valence electrons. The number of ether oxygens (including phenoxy) is 3. The fourth-order valence-electron chi connectivity index (χ4n) is 2.62. The van der Waals surface area contributed by atoms with Gasteiger partial charge in [-0.05, 0) is 41.5 Å². The molecule has 2 atom stereocenters. The maximum absolute atomic E-state index is 12.4. The first-order valence-corrected chi connectivity index (χ1v) is 7.64. The van der Waals surface area contributed by atoms with Crippen molar-refractivity contribution in [3.05, 3.63) is 12.2 Å². The third kappa shape index (κ3) is 5.37. The lowest BCUT2D eigenvalue weighted by atomic mass is 9.81. The zero-order valence-electron chi connectivity index (χ0n) is 14.7. The van der Waals surface area contributed by atoms with Gasteiger partial charge < -0.3 is 14.2 Å². The largest absolute Gasteiger partial charge is 0.460 e. The lowest BCUT2D eigenvalue weighted by Gasteiger charge is -2.33. The molecule has 1 saturated heterocycles. The number of carbonyl (C=O) groups is 3. The van der Waals surface area contributed by atoms with E-state index in [1.807, 2.05) is 0 Å². The van der Waals surface area contributed by atoms with Gasteiger partial charge in [0.05, 0.1) is 5.41 Å². The smallest absolute Gasteiger partial charge is 0.347 e. The maximum atomic E-state index is 12.4. The number of rotatable bonds is 6. The van der Waals surface area contributed by atoms with Gasteiger partial charge in [-0.2, -0.15) is 0 Å². The molecule has 0 N–H and O–H groups in total. The predicted molar refractivity (Wildman–Crippen MR) is 83.4 cm³/mol. The minimum atomic E-state index is -0.926. The fourth-order valence-corrected chi connectivity index (χ4v) is 2.62. The van der Waals surface area contributed by atoms with Crippen molar-refractivity contribution in [1.82, 2.24) is 0 Å². The molecule has 6 heteroatoms. The molecule has 0 saturated carbocycles. The monoisotopic (exact) mass is 326 g/mol. The summed E-state index contributed by atoms with van der Waals surface area (Å²) in [6.45, 7) is 13.7. The van der Waals surface area contributed by atoms with Crippen molar-refractivity contribution in [1.29, 1.82) is 0 Å². The van der Waals surface area contributed by atoms with Gasteiger partial charge in [0, 0.05) is 18.4 Å². The average Bonchev–Trinajstić information content (AvgIpc) is 2.65. The van der Waals surface area contributed by atoms with E-state index in [1.165, 1.54) is 0 Å². The summed E-state index contributed by atoms with van der Waals surface area (Å²) >= 11 is 0. The van der Waals surface area contributed by atoms with Gasteiger partial charge in [-0.3, -0.25) is 4.79 Å². The van der Waals surface area contributed by atoms with Crippen LogP contribution in [0, 0.1) is 5.41 Å². The van der Waals surface area contributed by atoms with E-state index in [-0.39, 0.29) is 12.5 Å². The molecule has 0 aliphatic carbocycles. The van der Waals surface area contributed by atoms with Crippen LogP contribution in [0.15, 0.2) is 12.2 Å². The highest BCUT2D eigenvalue weighted by molar-refractivity contribution is 5.87. The summed E-state index contributed by atoms with van der Waals surface area (Å²) in [5.41, 5.74) is -1.51. The molecule has 0 amide bonds. The normalized spacial score (nSPS) is 21.6. The molecule has 0 spiro atoms. The Balaban J connectivity index is 2.69. The summed E-state index contributed by atoms with van der Waals surface area (Å²) in [4.78, 5) is 35.6. The Morgan fingerprint density at radius 1 is 1.30 bits per heavy atom. The van der Waals surface area contributed by atoms with Crippen LogP contribution >= 0.6 is 0 Å². The Hall–Kier alpha value is -1.85. The molecule has 0 aromatic carbocycles. The summed E-state index contributed by atoms with van der Waals surface area (Å²) in [7, 11) is 0. The molecule has 0 radical (unpaired) electrons. The van der Waals surface area contributed by atoms with Crippen LogP contribution in [0.2, 0.25) is 0 Å². The molecule has 0 aromatic rings. The van der Waals surface area contributed by atoms with Crippen LogP contribution in [0.25, 0.3) is 0 Å². The zero-order chi connectivity index (χ0) is 18.0. The second-order valence-electron chi connectivity index (χ2n) is 7.37. The van der Waals surface area contributed by atoms with Crippen molar-refractivity contribution in [3.8, 4) is 0 Å². The van der Waals surface area contributed by atoms with E-state index in [4.69, 9.17) is 14.2 Å². The van der Waals surface area contributed by atoms with Crippen LogP contribution in [0.3, 0.4) is 0 Å². The summed E-state index contributed by atoms with van der Waals surface area (Å²) < 4.78 is 15.6. The van der Waals surface area contributed by atoms with Gasteiger partial charge in [0.15, 0.2) is 0 Å². The van der Waals surface area contributed by atoms with Crippen molar-refractivity contribution in [2.75, 3.05) is 0 Å². The standard InChI is InChI=1S/C17H26O6/c1-10(2)13(18)23-17(6,7)9-16(4,5)15(20)22-12-8-11(3)21-14(12)19/h11-12H,1,8-9H2,2-7H3. The number of cyclic esters (lactones) is 1. The maximum Gasteiger partial charge on any atom is 0.347 e. The third-order valence-electron chi connectivity index (χ3n) is 3.51. The van der Waals surface area contributed by atoms with Gasteiger partial charge in [0.2, 0.25) is 6.10 Å². The Labute approximate surface area is 137 Å². The van der Waals surface area contributed by atoms with E-state index in [2.05, 4.69) is 6.58 Å². The van der Waals surface area contributed by atoms with E-state index < -0.39 is 35.0 Å². The van der Waals surface area contributed by atoms with Crippen LogP contribution in [-0.4, -0.2) is 35.7 Å². The number of esters is 3. The van der Waals surface area contributed by atoms with Crippen LogP contribution in [0.1, 0.15) is 54.4 Å². The molecule has 2 unspecified atom stereocenters. The number of hydrogen-bond donors (Lipinski definition) is 0. The molecule has 0 bridgehead atoms. The quantitative estimate of drug-likeness (QED) is 0.424. The molecule has 1 aliphatic rings. The van der Waals surface area contributed by atoms with Crippen molar-refractivity contribution in [3.63, 3.8) is 0 Å². The van der Waals surface area contributed by atoms with Crippen LogP contribution < -0.4 is 0 Å². The Bertz CT molecular complexity index is 517. The Morgan fingerprint density at radius 3 is 2.30 bits per heavy atom. The second kappa shape index (κ2) is 6.72. The molecular formula is C17H26O6. The zero-order valence-corrected chi connectivity index (χ0v) is 14.7. The first-order valence-electron chi connectivity index (χ1n) is 7.64. The molecule has 1 aliphatic heterocycles. The van der Waals surface area contributed by atoms with Gasteiger partial charge in [-0.1, -0.05) is 6.58 Å². The summed E-state index contributed by atoms with van der Waals surface area (Å²) in [6.07, 6.45) is -0.515. The van der Waals surface area contributed by atoms with Gasteiger partial charge in [-0.25, -0.2) is 9.59 Å². The highest BCUT2D eigenvalue weighted by Crippen LogP contribution is 2.33. The van der Waals surface area contributed by atoms with Crippen molar-refractivity contribution < 1.29 is 28.6 Å². The molecule has 1 fully saturated rings. The minimum absolute atomic E-state index is 0.245. The third-order valence-corrected chi connectivity index (χ3v) is 3.51. The topological polar surface area (TPSA) is 78.9 Å². The van der Waals surface area contributed by atoms with Gasteiger partial charge in [-0.15, -0.1) is 0 Å². The highest BCUT2D eigenvalue weighted by atomic mass is 16.6. The lowest BCUT2D eigenvalue weighted by Crippen LogP contribution is -2.40. The number of carbonyl (C=O) groups excluding carboxylic acids is 3. The van der Waals surface area contributed by atoms with Crippen LogP contribution in [-0.2, 0) is 28.6 Å². The first kappa shape index (κ1) is 19.2. The van der Waals surface area contributed by atoms with E-state index in [0.29, 0.717) is 12.0 Å². The summed E-state index contributed by atoms with van der Waals surface area (Å²) in [5.74, 6) is -1.55. The van der Waals surface area contributed by atoms with E-state index in [1.54, 1.807) is 41.5 Å². The van der Waals surface area contributed by atoms with Gasteiger partial charge in [0.1, 0.15) is 11.7 Å². The predicted octanol–water partition coefficient (Wildman–Crippen LogP) is 2.55. The van der Waals surface area contributed by atoms with Crippen molar-refractivity contribution in [2.45, 2.75) is 72.2 Å². The fraction of sp³-hybridized carbons (Fsp3) is 0.706. The van der Waals surface area contributed by atoms with E-state index in [0.717, 1.165) is 0 Å². The summed E-state index contributed by atoms with van der Waals surface area (Å²) in [5, 5.41) is 0. The van der Waals surface area contributed by atoms with Gasteiger partial charge >= 0.3 is 17.9 Å². The summed E-state index contributed by atoms with van der Waals surface area (Å²) in [6, 6.07) is 0. The first-order chi connectivity index (χ1) is 10.3. The number of hydrogen-bond acceptors (Lipinski definition) is 6. The highest BCUT2D eigenvalue weighted by Gasteiger charge is 2.42. The average molecular weight is 326 g/mol. The molecule has 23 heavy (non-hydrogen) atoms. The molecule has 1 heterocycles. The molecular weight excluding hydrogens is 300 g/mol. The SMILES string of the molecule is C=C(C)C(=O)OC(C)(C)CC(C)(C)C(=O)OC1CC(C)OC1=O. The molecule has 6 nitrogen and oxygen atoms in total. The second-order valence-corrected chi connectivity index (χ2v) is 7.37. The van der Waals surface area contributed by atoms with Crippen molar-refractivity contribution in [2.24, 2.45) is 5.41 Å². The Kier molecular flexibility index (Phi) is 5.61. The van der Waals surface area contributed by atoms with E-state index >= 15 is 0 Å². The van der Waals surface area contributed by atoms with E-state index in [9.17, 15) is 14.4 Å². The Morgan fingerprint density at radius 2 is 1.87 bits per heavy atom. The van der Waals surface area contributed by atoms with Gasteiger partial charge in [0.25, 0.3) is 0 Å². The van der Waals surface area contributed by atoms with Crippen LogP contribution in [0.5, 0.6) is 0 Å².